The molecule has 3 aliphatic rings. The number of ketones is 1. The Bertz CT molecular complexity index is 1150. The van der Waals surface area contributed by atoms with Gasteiger partial charge in [-0.15, -0.1) is 0 Å². The molecule has 1 N–H and O–H groups in total. The van der Waals surface area contributed by atoms with Crippen LogP contribution in [0, 0.1) is 11.8 Å². The molecule has 0 aromatic heterocycles. The minimum absolute atomic E-state index is 0.00119. The van der Waals surface area contributed by atoms with E-state index in [1.807, 2.05) is 18.2 Å². The third kappa shape index (κ3) is 3.09. The average Bonchev–Trinajstić information content (AvgIpc) is 3.06. The Labute approximate surface area is 197 Å². The summed E-state index contributed by atoms with van der Waals surface area (Å²) in [4.78, 5) is 13.4. The summed E-state index contributed by atoms with van der Waals surface area (Å²) in [6.07, 6.45) is 3.26. The lowest BCUT2D eigenvalue weighted by Crippen LogP contribution is -2.58. The van der Waals surface area contributed by atoms with Crippen LogP contribution in [0.5, 0.6) is 17.2 Å². The molecule has 1 fully saturated rings. The lowest BCUT2D eigenvalue weighted by molar-refractivity contribution is -0.169. The van der Waals surface area contributed by atoms with Gasteiger partial charge in [-0.1, -0.05) is 46.2 Å². The summed E-state index contributed by atoms with van der Waals surface area (Å²) >= 11 is 0. The van der Waals surface area contributed by atoms with Crippen LogP contribution >= 0.6 is 0 Å². The van der Waals surface area contributed by atoms with Crippen molar-refractivity contribution in [3.8, 4) is 17.2 Å². The molecule has 178 valence electrons. The lowest BCUT2D eigenvalue weighted by atomic mass is 9.62. The Hall–Kier alpha value is -2.05. The quantitative estimate of drug-likeness (QED) is 0.502. The Morgan fingerprint density at radius 1 is 1.27 bits per heavy atom. The second-order valence-electron chi connectivity index (χ2n) is 11.7. The van der Waals surface area contributed by atoms with Crippen molar-refractivity contribution < 1.29 is 23.8 Å². The van der Waals surface area contributed by atoms with E-state index in [-0.39, 0.29) is 28.4 Å². The molecular formula is C27H36O5Si. The van der Waals surface area contributed by atoms with Crippen LogP contribution in [0.4, 0.5) is 0 Å². The first-order chi connectivity index (χ1) is 15.4. The van der Waals surface area contributed by atoms with Gasteiger partial charge in [-0.3, -0.25) is 4.79 Å². The van der Waals surface area contributed by atoms with Crippen molar-refractivity contribution in [2.24, 2.45) is 11.8 Å². The number of fused-ring (bicyclic) bond motifs is 2. The second-order valence-corrected chi connectivity index (χ2v) is 16.4. The molecule has 0 amide bonds. The molecule has 6 heteroatoms. The third-order valence-electron chi connectivity index (χ3n) is 8.76. The third-order valence-corrected chi connectivity index (χ3v) is 13.2. The molecule has 33 heavy (non-hydrogen) atoms. The summed E-state index contributed by atoms with van der Waals surface area (Å²) in [5.74, 6) is 1.03. The van der Waals surface area contributed by atoms with Gasteiger partial charge in [0.25, 0.3) is 0 Å². The Balaban J connectivity index is 1.80. The number of phenols is 1. The fourth-order valence-corrected chi connectivity index (χ4v) is 7.59. The molecule has 5 nitrogen and oxygen atoms in total. The zero-order chi connectivity index (χ0) is 23.9. The van der Waals surface area contributed by atoms with Gasteiger partial charge in [0.15, 0.2) is 14.1 Å². The highest BCUT2D eigenvalue weighted by Crippen LogP contribution is 2.65. The number of carbonyl (C=O) groups is 1. The van der Waals surface area contributed by atoms with Gasteiger partial charge in [-0.05, 0) is 42.5 Å². The molecule has 1 unspecified atom stereocenters. The first-order valence-corrected chi connectivity index (χ1v) is 15.1. The topological polar surface area (TPSA) is 65.0 Å². The standard InChI is InChI=1S/C27H36O5Si/c1-8-15-12-16-13-18(28)21-22-23(16)27(14-15,32-33(6,7)26(2,3)4)31-25(22)17-10-9-11-19(30-5)20(17)24(21)29/h9-11,15-16,23,29H,8,12-14H2,1-7H3/t15?,16-,23-,27+/m1/s1. The minimum atomic E-state index is -2.20. The summed E-state index contributed by atoms with van der Waals surface area (Å²) in [6, 6.07) is 5.68. The summed E-state index contributed by atoms with van der Waals surface area (Å²) in [5, 5.41) is 12.7. The van der Waals surface area contributed by atoms with Gasteiger partial charge in [0.2, 0.25) is 5.79 Å². The zero-order valence-electron chi connectivity index (χ0n) is 20.9. The van der Waals surface area contributed by atoms with E-state index in [4.69, 9.17) is 13.9 Å². The van der Waals surface area contributed by atoms with Gasteiger partial charge >= 0.3 is 0 Å². The number of hydrogen-bond donors (Lipinski definition) is 1. The van der Waals surface area contributed by atoms with Gasteiger partial charge < -0.3 is 19.0 Å². The SMILES string of the molecule is CCC1C[C@@H]2CC(=O)c3c4c(c5cccc(OC)c5c3O)O[C@](O[Si](C)(C)C(C)(C)C)(C1)[C@@H]42. The van der Waals surface area contributed by atoms with Crippen molar-refractivity contribution in [2.45, 2.75) is 83.2 Å². The molecule has 1 aliphatic heterocycles. The highest BCUT2D eigenvalue weighted by molar-refractivity contribution is 6.74. The number of methoxy groups -OCH3 is 1. The smallest absolute Gasteiger partial charge is 0.209 e. The maximum Gasteiger partial charge on any atom is 0.209 e. The Morgan fingerprint density at radius 3 is 2.64 bits per heavy atom. The van der Waals surface area contributed by atoms with Crippen LogP contribution in [-0.2, 0) is 4.43 Å². The van der Waals surface area contributed by atoms with Gasteiger partial charge in [-0.2, -0.15) is 0 Å². The molecule has 2 aliphatic carbocycles. The maximum atomic E-state index is 13.4. The molecular weight excluding hydrogens is 432 g/mol. The molecule has 0 bridgehead atoms. The summed E-state index contributed by atoms with van der Waals surface area (Å²) in [5.41, 5.74) is 1.28. The minimum Gasteiger partial charge on any atom is -0.506 e. The normalized spacial score (nSPS) is 28.6. The van der Waals surface area contributed by atoms with E-state index < -0.39 is 14.1 Å². The molecule has 5 rings (SSSR count). The fourth-order valence-electron chi connectivity index (χ4n) is 6.17. The van der Waals surface area contributed by atoms with E-state index in [1.165, 1.54) is 0 Å². The first-order valence-electron chi connectivity index (χ1n) is 12.2. The maximum absolute atomic E-state index is 13.4. The van der Waals surface area contributed by atoms with Crippen LogP contribution in [0.25, 0.3) is 10.8 Å². The molecule has 4 atom stereocenters. The summed E-state index contributed by atoms with van der Waals surface area (Å²) in [6.45, 7) is 13.5. The van der Waals surface area contributed by atoms with Crippen LogP contribution in [-0.4, -0.2) is 32.1 Å². The van der Waals surface area contributed by atoms with Crippen molar-refractivity contribution in [3.05, 3.63) is 29.3 Å². The molecule has 1 saturated carbocycles. The van der Waals surface area contributed by atoms with Gasteiger partial charge in [0.1, 0.15) is 17.2 Å². The second kappa shape index (κ2) is 7.22. The molecule has 0 spiro atoms. The van der Waals surface area contributed by atoms with Crippen molar-refractivity contribution >= 4 is 24.9 Å². The monoisotopic (exact) mass is 468 g/mol. The molecule has 0 radical (unpaired) electrons. The number of phenolic OH excluding ortho intramolecular Hbond substituents is 1. The van der Waals surface area contributed by atoms with E-state index in [2.05, 4.69) is 40.8 Å². The van der Waals surface area contributed by atoms with Crippen LogP contribution in [0.2, 0.25) is 18.1 Å². The number of hydrogen-bond acceptors (Lipinski definition) is 5. The Morgan fingerprint density at radius 2 is 2.00 bits per heavy atom. The predicted molar refractivity (Wildman–Crippen MR) is 132 cm³/mol. The molecule has 2 aromatic rings. The Kier molecular flexibility index (Phi) is 4.97. The number of Topliss-reactive ketones (excluding diaryl/α,β-unsaturated/α-hetero) is 1. The van der Waals surface area contributed by atoms with Crippen molar-refractivity contribution in [1.82, 2.24) is 0 Å². The van der Waals surface area contributed by atoms with Crippen molar-refractivity contribution in [3.63, 3.8) is 0 Å². The van der Waals surface area contributed by atoms with Gasteiger partial charge in [-0.25, -0.2) is 0 Å². The number of rotatable bonds is 4. The van der Waals surface area contributed by atoms with E-state index in [9.17, 15) is 9.90 Å². The largest absolute Gasteiger partial charge is 0.506 e. The summed E-state index contributed by atoms with van der Waals surface area (Å²) < 4.78 is 19.7. The lowest BCUT2D eigenvalue weighted by Gasteiger charge is -2.51. The predicted octanol–water partition coefficient (Wildman–Crippen LogP) is 6.77. The number of carbonyl (C=O) groups excluding carboxylic acids is 1. The van der Waals surface area contributed by atoms with E-state index in [1.54, 1.807) is 7.11 Å². The van der Waals surface area contributed by atoms with Crippen molar-refractivity contribution in [1.29, 1.82) is 0 Å². The van der Waals surface area contributed by atoms with Gasteiger partial charge in [0.05, 0.1) is 24.0 Å². The number of aromatic hydroxyl groups is 1. The number of benzene rings is 2. The van der Waals surface area contributed by atoms with E-state index in [0.29, 0.717) is 34.8 Å². The highest BCUT2D eigenvalue weighted by Gasteiger charge is 2.63. The van der Waals surface area contributed by atoms with Crippen LogP contribution in [0.15, 0.2) is 18.2 Å². The molecule has 2 aromatic carbocycles. The average molecular weight is 469 g/mol. The van der Waals surface area contributed by atoms with Crippen LogP contribution in [0.3, 0.4) is 0 Å². The first kappa shape index (κ1) is 22.7. The van der Waals surface area contributed by atoms with Crippen molar-refractivity contribution in [2.75, 3.05) is 7.11 Å². The highest BCUT2D eigenvalue weighted by atomic mass is 28.4. The molecule has 1 heterocycles. The van der Waals surface area contributed by atoms with E-state index in [0.717, 1.165) is 30.2 Å². The zero-order valence-corrected chi connectivity index (χ0v) is 21.9. The fraction of sp³-hybridized carbons (Fsp3) is 0.593. The summed E-state index contributed by atoms with van der Waals surface area (Å²) in [7, 11) is -0.622. The van der Waals surface area contributed by atoms with Crippen LogP contribution < -0.4 is 9.47 Å². The van der Waals surface area contributed by atoms with Gasteiger partial charge in [0, 0.05) is 23.8 Å². The molecule has 0 saturated heterocycles. The number of ether oxygens (including phenoxy) is 2. The van der Waals surface area contributed by atoms with Crippen LogP contribution in [0.1, 0.15) is 75.2 Å². The van der Waals surface area contributed by atoms with E-state index >= 15 is 0 Å².